The normalized spacial score (nSPS) is 10.4. The molecule has 84 valence electrons. The van der Waals surface area contributed by atoms with Crippen molar-refractivity contribution < 1.29 is 0 Å². The van der Waals surface area contributed by atoms with E-state index in [1.165, 1.54) is 11.1 Å². The van der Waals surface area contributed by atoms with Gasteiger partial charge in [0.25, 0.3) is 0 Å². The molecule has 1 aromatic heterocycles. The smallest absolute Gasteiger partial charge is 0.151 e. The van der Waals surface area contributed by atoms with Crippen LogP contribution in [0.1, 0.15) is 17.0 Å². The van der Waals surface area contributed by atoms with Crippen LogP contribution in [0.5, 0.6) is 0 Å². The summed E-state index contributed by atoms with van der Waals surface area (Å²) in [4.78, 5) is 0. The lowest BCUT2D eigenvalue weighted by molar-refractivity contribution is 0.812. The van der Waals surface area contributed by atoms with Crippen molar-refractivity contribution in [3.8, 4) is 0 Å². The summed E-state index contributed by atoms with van der Waals surface area (Å²) in [6.07, 6.45) is 1.71. The third kappa shape index (κ3) is 2.21. The summed E-state index contributed by atoms with van der Waals surface area (Å²) >= 11 is 0. The van der Waals surface area contributed by atoms with Gasteiger partial charge in [-0.2, -0.15) is 0 Å². The van der Waals surface area contributed by atoms with Gasteiger partial charge in [-0.1, -0.05) is 12.1 Å². The van der Waals surface area contributed by atoms with Gasteiger partial charge < -0.3 is 9.88 Å². The fraction of sp³-hybridized carbons (Fsp3) is 0.333. The first-order valence-electron chi connectivity index (χ1n) is 5.31. The third-order valence-corrected chi connectivity index (χ3v) is 2.64. The topological polar surface area (TPSA) is 42.7 Å². The lowest BCUT2D eigenvalue weighted by Gasteiger charge is -2.09. The molecule has 0 aliphatic rings. The van der Waals surface area contributed by atoms with E-state index >= 15 is 0 Å². The van der Waals surface area contributed by atoms with Gasteiger partial charge >= 0.3 is 0 Å². The number of hydrogen-bond acceptors (Lipinski definition) is 3. The Kier molecular flexibility index (Phi) is 2.90. The van der Waals surface area contributed by atoms with Gasteiger partial charge in [0.2, 0.25) is 0 Å². The molecule has 0 radical (unpaired) electrons. The molecule has 0 spiro atoms. The second kappa shape index (κ2) is 4.35. The van der Waals surface area contributed by atoms with Gasteiger partial charge in [0.1, 0.15) is 6.33 Å². The summed E-state index contributed by atoms with van der Waals surface area (Å²) in [5, 5.41) is 11.3. The van der Waals surface area contributed by atoms with Crippen LogP contribution in [0.15, 0.2) is 24.5 Å². The molecule has 0 saturated heterocycles. The number of nitrogens with zero attached hydrogens (tertiary/aromatic N) is 3. The van der Waals surface area contributed by atoms with Crippen LogP contribution in [0.4, 0.5) is 5.69 Å². The Labute approximate surface area is 95.3 Å². The van der Waals surface area contributed by atoms with Crippen LogP contribution >= 0.6 is 0 Å². The van der Waals surface area contributed by atoms with Crippen molar-refractivity contribution in [2.45, 2.75) is 20.4 Å². The van der Waals surface area contributed by atoms with E-state index in [0.717, 1.165) is 11.5 Å². The van der Waals surface area contributed by atoms with E-state index in [2.05, 4.69) is 47.6 Å². The molecular formula is C12H16N4. The van der Waals surface area contributed by atoms with Gasteiger partial charge in [-0.15, -0.1) is 10.2 Å². The van der Waals surface area contributed by atoms with Crippen molar-refractivity contribution in [3.05, 3.63) is 41.5 Å². The van der Waals surface area contributed by atoms with Crippen LogP contribution in [-0.2, 0) is 13.6 Å². The summed E-state index contributed by atoms with van der Waals surface area (Å²) in [5.41, 5.74) is 3.65. The van der Waals surface area contributed by atoms with E-state index in [9.17, 15) is 0 Å². The molecule has 16 heavy (non-hydrogen) atoms. The molecule has 0 fully saturated rings. The van der Waals surface area contributed by atoms with E-state index in [4.69, 9.17) is 0 Å². The summed E-state index contributed by atoms with van der Waals surface area (Å²) in [6.45, 7) is 4.88. The van der Waals surface area contributed by atoms with E-state index in [-0.39, 0.29) is 0 Å². The Morgan fingerprint density at radius 3 is 2.81 bits per heavy atom. The van der Waals surface area contributed by atoms with Gasteiger partial charge in [0, 0.05) is 12.7 Å². The Balaban J connectivity index is 2.10. The van der Waals surface area contributed by atoms with Crippen molar-refractivity contribution in [3.63, 3.8) is 0 Å². The number of benzene rings is 1. The number of aryl methyl sites for hydroxylation is 3. The first kappa shape index (κ1) is 10.7. The third-order valence-electron chi connectivity index (χ3n) is 2.64. The highest BCUT2D eigenvalue weighted by atomic mass is 15.3. The van der Waals surface area contributed by atoms with E-state index in [1.54, 1.807) is 6.33 Å². The number of hydrogen-bond donors (Lipinski definition) is 1. The monoisotopic (exact) mass is 216 g/mol. The predicted molar refractivity (Wildman–Crippen MR) is 64.2 cm³/mol. The molecule has 2 rings (SSSR count). The second-order valence-corrected chi connectivity index (χ2v) is 4.03. The number of rotatable bonds is 3. The van der Waals surface area contributed by atoms with Crippen LogP contribution in [0.3, 0.4) is 0 Å². The summed E-state index contributed by atoms with van der Waals surface area (Å²) < 4.78 is 1.91. The molecule has 0 atom stereocenters. The number of anilines is 1. The predicted octanol–water partition coefficient (Wildman–Crippen LogP) is 2.04. The lowest BCUT2D eigenvalue weighted by atomic mass is 10.1. The fourth-order valence-corrected chi connectivity index (χ4v) is 1.57. The molecular weight excluding hydrogens is 200 g/mol. The quantitative estimate of drug-likeness (QED) is 0.853. The van der Waals surface area contributed by atoms with Crippen LogP contribution < -0.4 is 5.32 Å². The molecule has 0 amide bonds. The Morgan fingerprint density at radius 1 is 1.31 bits per heavy atom. The Morgan fingerprint density at radius 2 is 2.12 bits per heavy atom. The molecule has 0 saturated carbocycles. The van der Waals surface area contributed by atoms with Gasteiger partial charge in [-0.05, 0) is 31.0 Å². The second-order valence-electron chi connectivity index (χ2n) is 4.03. The number of aromatic nitrogens is 3. The molecule has 0 unspecified atom stereocenters. The maximum Gasteiger partial charge on any atom is 0.151 e. The van der Waals surface area contributed by atoms with Crippen molar-refractivity contribution in [2.24, 2.45) is 7.05 Å². The van der Waals surface area contributed by atoms with Gasteiger partial charge in [0.15, 0.2) is 5.82 Å². The van der Waals surface area contributed by atoms with Crippen LogP contribution in [-0.4, -0.2) is 14.8 Å². The van der Waals surface area contributed by atoms with Gasteiger partial charge in [0.05, 0.1) is 6.54 Å². The SMILES string of the molecule is Cc1ccc(C)c(NCc2nncn2C)c1. The fourth-order valence-electron chi connectivity index (χ4n) is 1.57. The van der Waals surface area contributed by atoms with Gasteiger partial charge in [-0.25, -0.2) is 0 Å². The standard InChI is InChI=1S/C12H16N4/c1-9-4-5-10(2)11(6-9)13-7-12-15-14-8-16(12)3/h4-6,8,13H,7H2,1-3H3. The first-order valence-corrected chi connectivity index (χ1v) is 5.31. The molecule has 0 aliphatic carbocycles. The van der Waals surface area contributed by atoms with E-state index in [1.807, 2.05) is 11.6 Å². The average molecular weight is 216 g/mol. The minimum absolute atomic E-state index is 0.695. The molecule has 0 aliphatic heterocycles. The average Bonchev–Trinajstić information content (AvgIpc) is 2.66. The Hall–Kier alpha value is -1.84. The van der Waals surface area contributed by atoms with Crippen molar-refractivity contribution in [1.82, 2.24) is 14.8 Å². The van der Waals surface area contributed by atoms with Crippen LogP contribution in [0, 0.1) is 13.8 Å². The van der Waals surface area contributed by atoms with Crippen molar-refractivity contribution in [1.29, 1.82) is 0 Å². The summed E-state index contributed by atoms with van der Waals surface area (Å²) in [7, 11) is 1.94. The lowest BCUT2D eigenvalue weighted by Crippen LogP contribution is -2.06. The highest BCUT2D eigenvalue weighted by molar-refractivity contribution is 5.52. The van der Waals surface area contributed by atoms with Crippen LogP contribution in [0.2, 0.25) is 0 Å². The minimum Gasteiger partial charge on any atom is -0.378 e. The maximum atomic E-state index is 4.03. The molecule has 1 aromatic carbocycles. The zero-order valence-electron chi connectivity index (χ0n) is 9.86. The molecule has 2 aromatic rings. The number of nitrogens with one attached hydrogen (secondary N) is 1. The van der Waals surface area contributed by atoms with E-state index in [0.29, 0.717) is 6.54 Å². The van der Waals surface area contributed by atoms with Gasteiger partial charge in [-0.3, -0.25) is 0 Å². The largest absolute Gasteiger partial charge is 0.378 e. The minimum atomic E-state index is 0.695. The highest BCUT2D eigenvalue weighted by Crippen LogP contribution is 2.16. The Bertz CT molecular complexity index is 488. The molecule has 4 nitrogen and oxygen atoms in total. The maximum absolute atomic E-state index is 4.03. The first-order chi connectivity index (χ1) is 7.66. The molecule has 1 heterocycles. The van der Waals surface area contributed by atoms with Crippen molar-refractivity contribution in [2.75, 3.05) is 5.32 Å². The molecule has 0 bridgehead atoms. The molecule has 1 N–H and O–H groups in total. The van der Waals surface area contributed by atoms with Crippen LogP contribution in [0.25, 0.3) is 0 Å². The van der Waals surface area contributed by atoms with E-state index < -0.39 is 0 Å². The zero-order chi connectivity index (χ0) is 11.5. The summed E-state index contributed by atoms with van der Waals surface area (Å²) in [6, 6.07) is 6.38. The highest BCUT2D eigenvalue weighted by Gasteiger charge is 2.02. The summed E-state index contributed by atoms with van der Waals surface area (Å²) in [5.74, 6) is 0.931. The van der Waals surface area contributed by atoms with Crippen molar-refractivity contribution >= 4 is 5.69 Å². The zero-order valence-corrected chi connectivity index (χ0v) is 9.86. The molecule has 4 heteroatoms.